The predicted octanol–water partition coefficient (Wildman–Crippen LogP) is 3.02. The zero-order valence-corrected chi connectivity index (χ0v) is 20.2. The van der Waals surface area contributed by atoms with Crippen LogP contribution >= 0.6 is 0 Å². The Morgan fingerprint density at radius 2 is 1.86 bits per heavy atom. The summed E-state index contributed by atoms with van der Waals surface area (Å²) in [6, 6.07) is 10.2. The number of carbonyl (C=O) groups excluding carboxylic acids is 2. The van der Waals surface area contributed by atoms with Crippen molar-refractivity contribution in [2.45, 2.75) is 26.3 Å². The number of hydrogen-bond donors (Lipinski definition) is 4. The molecule has 0 aliphatic carbocycles. The Morgan fingerprint density at radius 1 is 1.14 bits per heavy atom. The number of aryl methyl sites for hydroxylation is 1. The minimum Gasteiger partial charge on any atom is -0.383 e. The summed E-state index contributed by atoms with van der Waals surface area (Å²) in [6.45, 7) is 8.46. The summed E-state index contributed by atoms with van der Waals surface area (Å²) in [6.07, 6.45) is 3.71. The van der Waals surface area contributed by atoms with Crippen molar-refractivity contribution in [2.75, 3.05) is 29.5 Å². The molecule has 184 valence electrons. The number of nitrogens with one attached hydrogen (secondary N) is 3. The van der Waals surface area contributed by atoms with Crippen LogP contribution < -0.4 is 16.4 Å². The molecule has 3 aromatic rings. The van der Waals surface area contributed by atoms with Gasteiger partial charge in [0.2, 0.25) is 5.91 Å². The predicted molar refractivity (Wildman–Crippen MR) is 139 cm³/mol. The molecule has 10 nitrogen and oxygen atoms in total. The molecule has 2 aromatic heterocycles. The van der Waals surface area contributed by atoms with Crippen LogP contribution in [0.1, 0.15) is 40.4 Å². The number of nitrogens with zero attached hydrogens (tertiary/aromatic N) is 4. The Balaban J connectivity index is 1.49. The van der Waals surface area contributed by atoms with Crippen molar-refractivity contribution in [1.82, 2.24) is 19.9 Å². The summed E-state index contributed by atoms with van der Waals surface area (Å²) in [7, 11) is 0. The van der Waals surface area contributed by atoms with Gasteiger partial charge in [-0.15, -0.1) is 0 Å². The second kappa shape index (κ2) is 10.3. The molecule has 1 unspecified atom stereocenters. The van der Waals surface area contributed by atoms with E-state index in [9.17, 15) is 9.59 Å². The molecular formula is C26H28N8O2. The molecule has 1 aromatic carbocycles. The number of anilines is 3. The first kappa shape index (κ1) is 24.5. The standard InChI is InChI=1S/C26H28N8O2/c1-15(2)26(36)34-11-9-19(13-34)32-24-21(23(28)30-14-31-24)22(27)17-4-6-18(7-5-17)25(35)33-20-12-16(3)8-10-29-20/h4-8,10,12,14,19,27H,1,9,11,13H2,2-3H3,(H,29,33,35)(H3,28,30,31,32). The first-order chi connectivity index (χ1) is 17.2. The number of amides is 2. The molecule has 0 bridgehead atoms. The van der Waals surface area contributed by atoms with Gasteiger partial charge in [0.15, 0.2) is 0 Å². The molecule has 0 spiro atoms. The molecule has 1 fully saturated rings. The van der Waals surface area contributed by atoms with E-state index in [4.69, 9.17) is 11.1 Å². The third-order valence-corrected chi connectivity index (χ3v) is 5.90. The Kier molecular flexibility index (Phi) is 7.05. The number of nitrogens with two attached hydrogens (primary N) is 1. The smallest absolute Gasteiger partial charge is 0.256 e. The molecule has 1 saturated heterocycles. The lowest BCUT2D eigenvalue weighted by molar-refractivity contribution is -0.126. The molecule has 1 aliphatic rings. The van der Waals surface area contributed by atoms with Gasteiger partial charge in [-0.2, -0.15) is 0 Å². The summed E-state index contributed by atoms with van der Waals surface area (Å²) in [5.74, 6) is 0.687. The van der Waals surface area contributed by atoms with E-state index in [1.165, 1.54) is 6.33 Å². The van der Waals surface area contributed by atoms with Crippen LogP contribution in [0.5, 0.6) is 0 Å². The van der Waals surface area contributed by atoms with E-state index < -0.39 is 0 Å². The van der Waals surface area contributed by atoms with Gasteiger partial charge in [-0.05, 0) is 50.1 Å². The van der Waals surface area contributed by atoms with Crippen LogP contribution in [-0.4, -0.2) is 56.5 Å². The van der Waals surface area contributed by atoms with Crippen LogP contribution in [0.2, 0.25) is 0 Å². The number of aromatic nitrogens is 3. The lowest BCUT2D eigenvalue weighted by Crippen LogP contribution is -2.32. The molecule has 3 heterocycles. The highest BCUT2D eigenvalue weighted by Crippen LogP contribution is 2.25. The van der Waals surface area contributed by atoms with Crippen LogP contribution in [0.25, 0.3) is 0 Å². The number of nitrogen functional groups attached to an aromatic ring is 1. The van der Waals surface area contributed by atoms with Gasteiger partial charge in [0.1, 0.15) is 23.8 Å². The van der Waals surface area contributed by atoms with Gasteiger partial charge < -0.3 is 21.3 Å². The number of benzene rings is 1. The van der Waals surface area contributed by atoms with Gasteiger partial charge in [-0.25, -0.2) is 15.0 Å². The number of hydrogen-bond acceptors (Lipinski definition) is 8. The summed E-state index contributed by atoms with van der Waals surface area (Å²) in [5, 5.41) is 14.9. The van der Waals surface area contributed by atoms with Crippen LogP contribution in [-0.2, 0) is 4.79 Å². The SMILES string of the molecule is C=C(C)C(=O)N1CCC(Nc2ncnc(N)c2C(=N)c2ccc(C(=O)Nc3cc(C)ccn3)cc2)C1. The van der Waals surface area contributed by atoms with Crippen molar-refractivity contribution in [1.29, 1.82) is 5.41 Å². The Bertz CT molecular complexity index is 1340. The molecule has 2 amide bonds. The fraction of sp³-hybridized carbons (Fsp3) is 0.231. The number of likely N-dealkylation sites (tertiary alicyclic amines) is 1. The summed E-state index contributed by atoms with van der Waals surface area (Å²) < 4.78 is 0. The van der Waals surface area contributed by atoms with Gasteiger partial charge in [0, 0.05) is 42.0 Å². The van der Waals surface area contributed by atoms with Crippen molar-refractivity contribution < 1.29 is 9.59 Å². The van der Waals surface area contributed by atoms with Gasteiger partial charge in [-0.3, -0.25) is 15.0 Å². The van der Waals surface area contributed by atoms with Crippen molar-refractivity contribution in [3.05, 3.63) is 83.3 Å². The van der Waals surface area contributed by atoms with Crippen molar-refractivity contribution in [3.63, 3.8) is 0 Å². The molecule has 36 heavy (non-hydrogen) atoms. The highest BCUT2D eigenvalue weighted by Gasteiger charge is 2.28. The van der Waals surface area contributed by atoms with E-state index in [0.717, 1.165) is 12.0 Å². The number of carbonyl (C=O) groups is 2. The second-order valence-electron chi connectivity index (χ2n) is 8.77. The molecule has 0 radical (unpaired) electrons. The summed E-state index contributed by atoms with van der Waals surface area (Å²) in [5.41, 5.74) is 9.10. The van der Waals surface area contributed by atoms with E-state index in [-0.39, 0.29) is 29.4 Å². The lowest BCUT2D eigenvalue weighted by Gasteiger charge is -2.19. The largest absolute Gasteiger partial charge is 0.383 e. The van der Waals surface area contributed by atoms with E-state index in [1.54, 1.807) is 48.4 Å². The van der Waals surface area contributed by atoms with Crippen molar-refractivity contribution >= 4 is 35.0 Å². The minimum atomic E-state index is -0.300. The van der Waals surface area contributed by atoms with Gasteiger partial charge in [0.25, 0.3) is 5.91 Å². The lowest BCUT2D eigenvalue weighted by atomic mass is 10.0. The quantitative estimate of drug-likeness (QED) is 0.297. The molecular weight excluding hydrogens is 456 g/mol. The van der Waals surface area contributed by atoms with Crippen molar-refractivity contribution in [3.8, 4) is 0 Å². The van der Waals surface area contributed by atoms with E-state index in [1.807, 2.05) is 13.0 Å². The first-order valence-corrected chi connectivity index (χ1v) is 11.5. The monoisotopic (exact) mass is 484 g/mol. The number of pyridine rings is 1. The van der Waals surface area contributed by atoms with Crippen LogP contribution in [0, 0.1) is 12.3 Å². The van der Waals surface area contributed by atoms with Crippen LogP contribution in [0.3, 0.4) is 0 Å². The maximum atomic E-state index is 12.6. The maximum absolute atomic E-state index is 12.6. The zero-order valence-electron chi connectivity index (χ0n) is 20.2. The maximum Gasteiger partial charge on any atom is 0.256 e. The molecule has 4 rings (SSSR count). The Morgan fingerprint density at radius 3 is 2.56 bits per heavy atom. The first-order valence-electron chi connectivity index (χ1n) is 11.5. The van der Waals surface area contributed by atoms with Gasteiger partial charge in [0.05, 0.1) is 11.3 Å². The zero-order chi connectivity index (χ0) is 25.8. The topological polar surface area (TPSA) is 150 Å². The van der Waals surface area contributed by atoms with E-state index in [0.29, 0.717) is 47.0 Å². The van der Waals surface area contributed by atoms with Crippen molar-refractivity contribution in [2.24, 2.45) is 0 Å². The molecule has 10 heteroatoms. The molecule has 1 atom stereocenters. The molecule has 0 saturated carbocycles. The summed E-state index contributed by atoms with van der Waals surface area (Å²) in [4.78, 5) is 39.1. The van der Waals surface area contributed by atoms with Gasteiger partial charge in [-0.1, -0.05) is 18.7 Å². The third kappa shape index (κ3) is 5.38. The second-order valence-corrected chi connectivity index (χ2v) is 8.77. The molecule has 5 N–H and O–H groups in total. The highest BCUT2D eigenvalue weighted by atomic mass is 16.2. The van der Waals surface area contributed by atoms with Crippen LogP contribution in [0.15, 0.2) is 61.1 Å². The Labute approximate surface area is 209 Å². The van der Waals surface area contributed by atoms with E-state index >= 15 is 0 Å². The summed E-state index contributed by atoms with van der Waals surface area (Å²) >= 11 is 0. The van der Waals surface area contributed by atoms with E-state index in [2.05, 4.69) is 32.2 Å². The average molecular weight is 485 g/mol. The minimum absolute atomic E-state index is 0.0459. The van der Waals surface area contributed by atoms with Gasteiger partial charge >= 0.3 is 0 Å². The third-order valence-electron chi connectivity index (χ3n) is 5.90. The normalized spacial score (nSPS) is 14.8. The highest BCUT2D eigenvalue weighted by molar-refractivity contribution is 6.16. The fourth-order valence-corrected chi connectivity index (χ4v) is 4.01. The average Bonchev–Trinajstić information content (AvgIpc) is 3.31. The fourth-order valence-electron chi connectivity index (χ4n) is 4.01. The Hall–Kier alpha value is -4.60. The van der Waals surface area contributed by atoms with Crippen LogP contribution in [0.4, 0.5) is 17.5 Å². The molecule has 1 aliphatic heterocycles. The number of rotatable bonds is 7.